The SMILES string of the molecule is COc1cccc(C(=O)N/N=C/c2ccc(OCC(=O)Nc3ccc(C)c(C)c3)cc2)c1. The first-order chi connectivity index (χ1) is 15.4. The largest absolute Gasteiger partial charge is 0.497 e. The van der Waals surface area contributed by atoms with Crippen molar-refractivity contribution in [3.05, 3.63) is 89.0 Å². The maximum absolute atomic E-state index is 12.1. The molecule has 0 aliphatic heterocycles. The van der Waals surface area contributed by atoms with Crippen LogP contribution in [0.2, 0.25) is 0 Å². The number of hydrogen-bond donors (Lipinski definition) is 2. The molecule has 32 heavy (non-hydrogen) atoms. The summed E-state index contributed by atoms with van der Waals surface area (Å²) in [4.78, 5) is 24.2. The highest BCUT2D eigenvalue weighted by atomic mass is 16.5. The Labute approximate surface area is 187 Å². The number of anilines is 1. The molecule has 0 saturated carbocycles. The van der Waals surface area contributed by atoms with Gasteiger partial charge >= 0.3 is 0 Å². The predicted octanol–water partition coefficient (Wildman–Crippen LogP) is 4.09. The van der Waals surface area contributed by atoms with Gasteiger partial charge in [-0.05, 0) is 85.1 Å². The molecule has 3 aromatic rings. The van der Waals surface area contributed by atoms with E-state index in [1.165, 1.54) is 11.8 Å². The number of nitrogens with one attached hydrogen (secondary N) is 2. The minimum Gasteiger partial charge on any atom is -0.497 e. The van der Waals surface area contributed by atoms with Crippen LogP contribution in [0.5, 0.6) is 11.5 Å². The molecule has 0 spiro atoms. The number of amides is 2. The Morgan fingerprint density at radius 1 is 0.938 bits per heavy atom. The first kappa shape index (κ1) is 22.6. The molecule has 3 aromatic carbocycles. The van der Waals surface area contributed by atoms with Gasteiger partial charge in [0.1, 0.15) is 11.5 Å². The molecule has 0 heterocycles. The maximum Gasteiger partial charge on any atom is 0.271 e. The van der Waals surface area contributed by atoms with Gasteiger partial charge < -0.3 is 14.8 Å². The van der Waals surface area contributed by atoms with E-state index in [0.29, 0.717) is 17.1 Å². The lowest BCUT2D eigenvalue weighted by Gasteiger charge is -2.09. The second-order valence-electron chi connectivity index (χ2n) is 7.14. The molecule has 7 heteroatoms. The second kappa shape index (κ2) is 10.8. The summed E-state index contributed by atoms with van der Waals surface area (Å²) in [7, 11) is 1.54. The van der Waals surface area contributed by atoms with E-state index >= 15 is 0 Å². The highest BCUT2D eigenvalue weighted by Crippen LogP contribution is 2.15. The maximum atomic E-state index is 12.1. The number of nitrogens with zero attached hydrogens (tertiary/aromatic N) is 1. The van der Waals surface area contributed by atoms with Crippen LogP contribution < -0.4 is 20.2 Å². The molecular weight excluding hydrogens is 406 g/mol. The highest BCUT2D eigenvalue weighted by molar-refractivity contribution is 5.95. The fraction of sp³-hybridized carbons (Fsp3) is 0.160. The Balaban J connectivity index is 1.47. The summed E-state index contributed by atoms with van der Waals surface area (Å²) in [5.41, 5.74) is 6.71. The number of ether oxygens (including phenoxy) is 2. The van der Waals surface area contributed by atoms with E-state index in [9.17, 15) is 9.59 Å². The minimum atomic E-state index is -0.338. The predicted molar refractivity (Wildman–Crippen MR) is 125 cm³/mol. The first-order valence-electron chi connectivity index (χ1n) is 10.0. The summed E-state index contributed by atoms with van der Waals surface area (Å²) in [5, 5.41) is 6.78. The van der Waals surface area contributed by atoms with Crippen molar-refractivity contribution in [2.45, 2.75) is 13.8 Å². The molecule has 0 atom stereocenters. The topological polar surface area (TPSA) is 89.0 Å². The van der Waals surface area contributed by atoms with Gasteiger partial charge in [0, 0.05) is 11.3 Å². The van der Waals surface area contributed by atoms with Gasteiger partial charge in [-0.25, -0.2) is 5.43 Å². The molecule has 0 saturated heterocycles. The average molecular weight is 431 g/mol. The molecule has 2 amide bonds. The molecule has 0 radical (unpaired) electrons. The van der Waals surface area contributed by atoms with Gasteiger partial charge in [0.05, 0.1) is 13.3 Å². The van der Waals surface area contributed by atoms with E-state index in [-0.39, 0.29) is 18.4 Å². The van der Waals surface area contributed by atoms with Crippen molar-refractivity contribution < 1.29 is 19.1 Å². The van der Waals surface area contributed by atoms with Crippen molar-refractivity contribution in [2.75, 3.05) is 19.0 Å². The summed E-state index contributed by atoms with van der Waals surface area (Å²) < 4.78 is 10.6. The van der Waals surface area contributed by atoms with Gasteiger partial charge in [0.2, 0.25) is 0 Å². The van der Waals surface area contributed by atoms with E-state index in [1.807, 2.05) is 32.0 Å². The number of benzene rings is 3. The Hall–Kier alpha value is -4.13. The quantitative estimate of drug-likeness (QED) is 0.415. The number of carbonyl (C=O) groups excluding carboxylic acids is 2. The molecule has 0 aromatic heterocycles. The second-order valence-corrected chi connectivity index (χ2v) is 7.14. The molecule has 0 aliphatic rings. The molecule has 0 bridgehead atoms. The summed E-state index contributed by atoms with van der Waals surface area (Å²) in [5.74, 6) is 0.576. The van der Waals surface area contributed by atoms with Crippen molar-refractivity contribution >= 4 is 23.7 Å². The van der Waals surface area contributed by atoms with E-state index in [2.05, 4.69) is 15.8 Å². The zero-order valence-electron chi connectivity index (χ0n) is 18.2. The minimum absolute atomic E-state index is 0.100. The van der Waals surface area contributed by atoms with E-state index in [1.54, 1.807) is 55.6 Å². The van der Waals surface area contributed by atoms with E-state index in [0.717, 1.165) is 16.8 Å². The highest BCUT2D eigenvalue weighted by Gasteiger charge is 2.06. The Kier molecular flexibility index (Phi) is 7.59. The standard InChI is InChI=1S/C25H25N3O4/c1-17-7-10-21(13-18(17)2)27-24(29)16-32-22-11-8-19(9-12-22)15-26-28-25(30)20-5-4-6-23(14-20)31-3/h4-15H,16H2,1-3H3,(H,27,29)(H,28,30)/b26-15+. The van der Waals surface area contributed by atoms with Crippen LogP contribution in [-0.2, 0) is 4.79 Å². The molecular formula is C25H25N3O4. The first-order valence-corrected chi connectivity index (χ1v) is 10.0. The Morgan fingerprint density at radius 2 is 1.72 bits per heavy atom. The number of hydrazone groups is 1. The normalized spacial score (nSPS) is 10.6. The Bertz CT molecular complexity index is 1120. The summed E-state index contributed by atoms with van der Waals surface area (Å²) in [6, 6.07) is 19.6. The lowest BCUT2D eigenvalue weighted by atomic mass is 10.1. The summed E-state index contributed by atoms with van der Waals surface area (Å²) in [6.07, 6.45) is 1.52. The van der Waals surface area contributed by atoms with Crippen molar-refractivity contribution in [1.82, 2.24) is 5.43 Å². The van der Waals surface area contributed by atoms with Crippen LogP contribution in [0.3, 0.4) is 0 Å². The number of methoxy groups -OCH3 is 1. The number of hydrogen-bond acceptors (Lipinski definition) is 5. The Morgan fingerprint density at radius 3 is 2.44 bits per heavy atom. The molecule has 3 rings (SSSR count). The monoisotopic (exact) mass is 431 g/mol. The fourth-order valence-electron chi connectivity index (χ4n) is 2.81. The van der Waals surface area contributed by atoms with Crippen molar-refractivity contribution in [1.29, 1.82) is 0 Å². The lowest BCUT2D eigenvalue weighted by Crippen LogP contribution is -2.20. The zero-order valence-corrected chi connectivity index (χ0v) is 18.2. The van der Waals surface area contributed by atoms with E-state index < -0.39 is 0 Å². The average Bonchev–Trinajstić information content (AvgIpc) is 2.81. The molecule has 0 fully saturated rings. The van der Waals surface area contributed by atoms with Gasteiger partial charge in [0.15, 0.2) is 6.61 Å². The third kappa shape index (κ3) is 6.43. The summed E-state index contributed by atoms with van der Waals surface area (Å²) in [6.45, 7) is 3.92. The third-order valence-corrected chi connectivity index (χ3v) is 4.75. The van der Waals surface area contributed by atoms with Crippen LogP contribution in [0.1, 0.15) is 27.0 Å². The van der Waals surface area contributed by atoms with Crippen LogP contribution in [0.25, 0.3) is 0 Å². The van der Waals surface area contributed by atoms with Crippen LogP contribution in [-0.4, -0.2) is 31.7 Å². The third-order valence-electron chi connectivity index (χ3n) is 4.75. The number of rotatable bonds is 8. The van der Waals surface area contributed by atoms with Crippen LogP contribution in [0, 0.1) is 13.8 Å². The van der Waals surface area contributed by atoms with Gasteiger partial charge in [-0.15, -0.1) is 0 Å². The number of carbonyl (C=O) groups is 2. The van der Waals surface area contributed by atoms with Crippen molar-refractivity contribution in [3.8, 4) is 11.5 Å². The fourth-order valence-corrected chi connectivity index (χ4v) is 2.81. The zero-order chi connectivity index (χ0) is 22.9. The van der Waals surface area contributed by atoms with Crippen LogP contribution in [0.4, 0.5) is 5.69 Å². The summed E-state index contributed by atoms with van der Waals surface area (Å²) >= 11 is 0. The van der Waals surface area contributed by atoms with Gasteiger partial charge in [0.25, 0.3) is 11.8 Å². The van der Waals surface area contributed by atoms with Gasteiger partial charge in [-0.3, -0.25) is 9.59 Å². The molecule has 2 N–H and O–H groups in total. The van der Waals surface area contributed by atoms with Gasteiger partial charge in [-0.2, -0.15) is 5.10 Å². The van der Waals surface area contributed by atoms with E-state index in [4.69, 9.17) is 9.47 Å². The molecule has 164 valence electrons. The molecule has 0 aliphatic carbocycles. The lowest BCUT2D eigenvalue weighted by molar-refractivity contribution is -0.118. The van der Waals surface area contributed by atoms with Crippen LogP contribution in [0.15, 0.2) is 71.8 Å². The molecule has 0 unspecified atom stereocenters. The number of aryl methyl sites for hydroxylation is 2. The van der Waals surface area contributed by atoms with Crippen LogP contribution >= 0.6 is 0 Å². The molecule has 7 nitrogen and oxygen atoms in total. The van der Waals surface area contributed by atoms with Crippen molar-refractivity contribution in [2.24, 2.45) is 5.10 Å². The van der Waals surface area contributed by atoms with Crippen molar-refractivity contribution in [3.63, 3.8) is 0 Å². The van der Waals surface area contributed by atoms with Gasteiger partial charge in [-0.1, -0.05) is 12.1 Å². The smallest absolute Gasteiger partial charge is 0.271 e.